The molecule has 7 nitrogen and oxygen atoms in total. The Hall–Kier alpha value is -2.03. The van der Waals surface area contributed by atoms with Crippen LogP contribution in [0.3, 0.4) is 0 Å². The van der Waals surface area contributed by atoms with Crippen LogP contribution >= 0.6 is 46.4 Å². The molecule has 2 saturated carbocycles. The molecule has 2 aromatic carbocycles. The number of carbonyl (C=O) groups is 3. The smallest absolute Gasteiger partial charge is 0.339 e. The van der Waals surface area contributed by atoms with E-state index in [1.165, 1.54) is 18.2 Å². The quantitative estimate of drug-likeness (QED) is 0.228. The van der Waals surface area contributed by atoms with Crippen molar-refractivity contribution in [3.8, 4) is 0 Å². The lowest BCUT2D eigenvalue weighted by Gasteiger charge is -2.65. The van der Waals surface area contributed by atoms with Crippen molar-refractivity contribution in [1.82, 2.24) is 0 Å². The summed E-state index contributed by atoms with van der Waals surface area (Å²) in [4.78, 5) is 39.1. The Labute approximate surface area is 283 Å². The van der Waals surface area contributed by atoms with Crippen molar-refractivity contribution < 1.29 is 33.3 Å². The Bertz CT molecular complexity index is 1550. The van der Waals surface area contributed by atoms with Gasteiger partial charge in [-0.15, -0.1) is 0 Å². The lowest BCUT2D eigenvalue weighted by Crippen LogP contribution is -2.67. The maximum absolute atomic E-state index is 13.6. The van der Waals surface area contributed by atoms with E-state index in [1.54, 1.807) is 18.2 Å². The summed E-state index contributed by atoms with van der Waals surface area (Å²) >= 11 is 24.9. The number of ether oxygens (including phenoxy) is 4. The van der Waals surface area contributed by atoms with E-state index in [-0.39, 0.29) is 64.0 Å². The first-order valence-electron chi connectivity index (χ1n) is 15.4. The second-order valence-corrected chi connectivity index (χ2v) is 15.4. The standard InChI is InChI=1S/C34H36Cl4O7/c1-19-4-9-26-31(2,17-43-29(40)22-7-5-20(35)14-24(22)37)27(44-30(41)23-8-6-21(36)15-25(23)38)10-11-32(26,3)34(19)13-12-33(45-34)16-28(39)42-18-33/h5-8,14-15,19,26-27H,4,9-13,16-18H2,1-3H3/t19-,26+,27+,31+,32+,33-,34-/m1/s1. The molecule has 0 bridgehead atoms. The zero-order valence-corrected chi connectivity index (χ0v) is 28.5. The van der Waals surface area contributed by atoms with Gasteiger partial charge < -0.3 is 18.9 Å². The predicted molar refractivity (Wildman–Crippen MR) is 171 cm³/mol. The normalized spacial score (nSPS) is 35.7. The monoisotopic (exact) mass is 696 g/mol. The fourth-order valence-corrected chi connectivity index (χ4v) is 9.87. The average molecular weight is 698 g/mol. The molecular weight excluding hydrogens is 662 g/mol. The molecule has 2 aliphatic carbocycles. The van der Waals surface area contributed by atoms with Crippen LogP contribution in [0.5, 0.6) is 0 Å². The van der Waals surface area contributed by atoms with Crippen LogP contribution in [0.15, 0.2) is 36.4 Å². The molecule has 0 unspecified atom stereocenters. The fourth-order valence-electron chi connectivity index (χ4n) is 8.90. The van der Waals surface area contributed by atoms with Crippen LogP contribution in [0.25, 0.3) is 0 Å². The van der Waals surface area contributed by atoms with Crippen molar-refractivity contribution in [2.24, 2.45) is 22.7 Å². The van der Waals surface area contributed by atoms with Gasteiger partial charge in [-0.25, -0.2) is 9.59 Å². The zero-order chi connectivity index (χ0) is 32.4. The van der Waals surface area contributed by atoms with Gasteiger partial charge in [0.1, 0.15) is 24.9 Å². The maximum atomic E-state index is 13.6. The van der Waals surface area contributed by atoms with Crippen LogP contribution in [0.2, 0.25) is 20.1 Å². The number of hydrogen-bond acceptors (Lipinski definition) is 7. The molecule has 7 atom stereocenters. The first-order valence-corrected chi connectivity index (χ1v) is 16.9. The van der Waals surface area contributed by atoms with E-state index in [0.29, 0.717) is 22.9 Å². The number of fused-ring (bicyclic) bond motifs is 2. The van der Waals surface area contributed by atoms with Crippen LogP contribution in [0.1, 0.15) is 86.4 Å². The van der Waals surface area contributed by atoms with E-state index in [9.17, 15) is 14.4 Å². The molecule has 45 heavy (non-hydrogen) atoms. The van der Waals surface area contributed by atoms with Crippen LogP contribution < -0.4 is 0 Å². The van der Waals surface area contributed by atoms with Gasteiger partial charge in [0.25, 0.3) is 0 Å². The maximum Gasteiger partial charge on any atom is 0.339 e. The van der Waals surface area contributed by atoms with E-state index in [2.05, 4.69) is 13.8 Å². The molecule has 2 heterocycles. The summed E-state index contributed by atoms with van der Waals surface area (Å²) in [6.45, 7) is 6.76. The Morgan fingerprint density at radius 1 is 0.889 bits per heavy atom. The Morgan fingerprint density at radius 3 is 2.13 bits per heavy atom. The molecule has 2 aliphatic heterocycles. The molecule has 0 N–H and O–H groups in total. The highest BCUT2D eigenvalue weighted by Crippen LogP contribution is 2.68. The number of benzene rings is 2. The topological polar surface area (TPSA) is 88.1 Å². The van der Waals surface area contributed by atoms with Crippen LogP contribution in [0, 0.1) is 22.7 Å². The van der Waals surface area contributed by atoms with Gasteiger partial charge >= 0.3 is 17.9 Å². The van der Waals surface area contributed by atoms with Crippen molar-refractivity contribution >= 4 is 64.3 Å². The summed E-state index contributed by atoms with van der Waals surface area (Å²) in [7, 11) is 0. The summed E-state index contributed by atoms with van der Waals surface area (Å²) in [5.74, 6) is -1.23. The molecule has 2 spiro atoms. The van der Waals surface area contributed by atoms with Crippen molar-refractivity contribution in [1.29, 1.82) is 0 Å². The van der Waals surface area contributed by atoms with Crippen molar-refractivity contribution in [3.05, 3.63) is 67.6 Å². The number of halogens is 4. The van der Waals surface area contributed by atoms with Gasteiger partial charge in [-0.3, -0.25) is 4.79 Å². The highest BCUT2D eigenvalue weighted by molar-refractivity contribution is 6.37. The van der Waals surface area contributed by atoms with Gasteiger partial charge in [-0.2, -0.15) is 0 Å². The minimum absolute atomic E-state index is 0.0193. The molecule has 6 rings (SSSR count). The number of carbonyl (C=O) groups excluding carboxylic acids is 3. The zero-order valence-electron chi connectivity index (χ0n) is 25.4. The second-order valence-electron chi connectivity index (χ2n) is 13.7. The van der Waals surface area contributed by atoms with Crippen molar-refractivity contribution in [3.63, 3.8) is 0 Å². The fraction of sp³-hybridized carbons (Fsp3) is 0.559. The van der Waals surface area contributed by atoms with Gasteiger partial charge in [0.2, 0.25) is 0 Å². The minimum atomic E-state index is -0.801. The molecule has 4 aliphatic rings. The van der Waals surface area contributed by atoms with Crippen molar-refractivity contribution in [2.75, 3.05) is 13.2 Å². The third-order valence-corrected chi connectivity index (χ3v) is 12.4. The lowest BCUT2D eigenvalue weighted by atomic mass is 9.43. The largest absolute Gasteiger partial charge is 0.463 e. The number of esters is 3. The number of cyclic esters (lactones) is 1. The predicted octanol–water partition coefficient (Wildman–Crippen LogP) is 8.77. The summed E-state index contributed by atoms with van der Waals surface area (Å²) in [6, 6.07) is 9.26. The number of hydrogen-bond donors (Lipinski definition) is 0. The van der Waals surface area contributed by atoms with Crippen molar-refractivity contribution in [2.45, 2.75) is 83.0 Å². The van der Waals surface area contributed by atoms with E-state index in [4.69, 9.17) is 65.4 Å². The Morgan fingerprint density at radius 2 is 1.53 bits per heavy atom. The van der Waals surface area contributed by atoms with E-state index < -0.39 is 34.7 Å². The van der Waals surface area contributed by atoms with Crippen LogP contribution in [-0.4, -0.2) is 48.4 Å². The second kappa shape index (κ2) is 11.9. The van der Waals surface area contributed by atoms with Crippen LogP contribution in [0.4, 0.5) is 0 Å². The summed E-state index contributed by atoms with van der Waals surface area (Å²) in [5.41, 5.74) is -1.92. The molecule has 4 fully saturated rings. The third-order valence-electron chi connectivity index (χ3n) is 11.3. The SMILES string of the molecule is C[C@@H]1CC[C@H]2[C@](C)(COC(=O)c3ccc(Cl)cc3Cl)[C@@H](OC(=O)c3ccc(Cl)cc3Cl)CC[C@]2(C)[C@@]12CC[C@@]1(COC(=O)C1)O2. The highest BCUT2D eigenvalue weighted by atomic mass is 35.5. The average Bonchev–Trinajstić information content (AvgIpc) is 3.54. The Balaban J connectivity index is 1.34. The molecular formula is C34H36Cl4O7. The van der Waals surface area contributed by atoms with Gasteiger partial charge in [0, 0.05) is 20.9 Å². The van der Waals surface area contributed by atoms with Gasteiger partial charge in [-0.05, 0) is 86.8 Å². The van der Waals surface area contributed by atoms with Crippen LogP contribution in [-0.2, 0) is 23.7 Å². The summed E-state index contributed by atoms with van der Waals surface area (Å²) < 4.78 is 24.8. The minimum Gasteiger partial charge on any atom is -0.463 e. The Kier molecular flexibility index (Phi) is 8.69. The van der Waals surface area contributed by atoms with E-state index in [1.807, 2.05) is 6.92 Å². The summed E-state index contributed by atoms with van der Waals surface area (Å²) in [5, 5.41) is 1.20. The van der Waals surface area contributed by atoms with E-state index >= 15 is 0 Å². The van der Waals surface area contributed by atoms with Gasteiger partial charge in [0.05, 0.1) is 33.2 Å². The molecule has 0 radical (unpaired) electrons. The molecule has 2 saturated heterocycles. The first-order chi connectivity index (χ1) is 21.2. The molecule has 11 heteroatoms. The molecule has 0 aromatic heterocycles. The summed E-state index contributed by atoms with van der Waals surface area (Å²) in [6.07, 6.45) is 4.09. The highest BCUT2D eigenvalue weighted by Gasteiger charge is 2.70. The van der Waals surface area contributed by atoms with Gasteiger partial charge in [0.15, 0.2) is 0 Å². The van der Waals surface area contributed by atoms with Gasteiger partial charge in [-0.1, -0.05) is 67.2 Å². The first kappa shape index (κ1) is 32.9. The van der Waals surface area contributed by atoms with E-state index in [0.717, 1.165) is 25.7 Å². The molecule has 242 valence electrons. The lowest BCUT2D eigenvalue weighted by molar-refractivity contribution is -0.265. The molecule has 2 aromatic rings. The number of rotatable bonds is 5. The third kappa shape index (κ3) is 5.54. The molecule has 0 amide bonds.